The zero-order valence-corrected chi connectivity index (χ0v) is 20.3. The van der Waals surface area contributed by atoms with E-state index < -0.39 is 0 Å². The van der Waals surface area contributed by atoms with Gasteiger partial charge in [-0.25, -0.2) is 0 Å². The monoisotopic (exact) mass is 470 g/mol. The van der Waals surface area contributed by atoms with Gasteiger partial charge in [0, 0.05) is 25.7 Å². The number of nitrogens with one attached hydrogen (secondary N) is 1. The Morgan fingerprint density at radius 3 is 2.32 bits per heavy atom. The average Bonchev–Trinajstić information content (AvgIpc) is 3.30. The molecule has 0 fully saturated rings. The molecule has 0 bridgehead atoms. The standard InChI is InChI=1S/C26H26N6OS/c1-18-19(2)32(16-21-12-8-5-9-13-21)25(22(18)15-27)28-24(33)17-34-26-30-29-23(31(26)3)14-20-10-6-4-7-11-20/h4-13H,14,16-17H2,1-3H3,(H,28,33). The lowest BCUT2D eigenvalue weighted by atomic mass is 10.1. The maximum absolute atomic E-state index is 12.9. The summed E-state index contributed by atoms with van der Waals surface area (Å²) < 4.78 is 3.91. The second-order valence-corrected chi connectivity index (χ2v) is 9.02. The van der Waals surface area contributed by atoms with Crippen molar-refractivity contribution < 1.29 is 4.79 Å². The Balaban J connectivity index is 1.46. The van der Waals surface area contributed by atoms with E-state index in [0.29, 0.717) is 29.5 Å². The predicted molar refractivity (Wildman–Crippen MR) is 134 cm³/mol. The molecule has 0 atom stereocenters. The van der Waals surface area contributed by atoms with Crippen LogP contribution in [-0.2, 0) is 24.8 Å². The first-order valence-electron chi connectivity index (χ1n) is 11.0. The third-order valence-electron chi connectivity index (χ3n) is 5.84. The van der Waals surface area contributed by atoms with Crippen molar-refractivity contribution in [2.75, 3.05) is 11.1 Å². The van der Waals surface area contributed by atoms with Crippen LogP contribution < -0.4 is 5.32 Å². The number of carbonyl (C=O) groups excluding carboxylic acids is 1. The second-order valence-electron chi connectivity index (χ2n) is 8.07. The molecule has 172 valence electrons. The third-order valence-corrected chi connectivity index (χ3v) is 6.87. The molecule has 2 heterocycles. The van der Waals surface area contributed by atoms with Crippen molar-refractivity contribution in [2.45, 2.75) is 32.0 Å². The van der Waals surface area contributed by atoms with E-state index in [1.54, 1.807) is 0 Å². The molecule has 2 aromatic heterocycles. The van der Waals surface area contributed by atoms with Crippen molar-refractivity contribution in [2.24, 2.45) is 7.05 Å². The molecule has 4 aromatic rings. The number of nitriles is 1. The number of anilines is 1. The smallest absolute Gasteiger partial charge is 0.235 e. The molecule has 1 N–H and O–H groups in total. The van der Waals surface area contributed by atoms with Crippen molar-refractivity contribution >= 4 is 23.5 Å². The van der Waals surface area contributed by atoms with Gasteiger partial charge in [-0.15, -0.1) is 10.2 Å². The largest absolute Gasteiger partial charge is 0.326 e. The summed E-state index contributed by atoms with van der Waals surface area (Å²) in [6, 6.07) is 22.3. The van der Waals surface area contributed by atoms with Gasteiger partial charge < -0.3 is 14.5 Å². The summed E-state index contributed by atoms with van der Waals surface area (Å²) in [4.78, 5) is 12.9. The van der Waals surface area contributed by atoms with Crippen molar-refractivity contribution in [3.63, 3.8) is 0 Å². The number of nitrogens with zero attached hydrogens (tertiary/aromatic N) is 5. The number of rotatable bonds is 8. The Morgan fingerprint density at radius 1 is 1.03 bits per heavy atom. The van der Waals surface area contributed by atoms with Crippen LogP contribution in [0.1, 0.15) is 33.8 Å². The summed E-state index contributed by atoms with van der Waals surface area (Å²) in [7, 11) is 1.91. The van der Waals surface area contributed by atoms with Crippen molar-refractivity contribution in [3.05, 3.63) is 94.4 Å². The molecule has 4 rings (SSSR count). The van der Waals surface area contributed by atoms with E-state index >= 15 is 0 Å². The minimum Gasteiger partial charge on any atom is -0.326 e. The van der Waals surface area contributed by atoms with Gasteiger partial charge in [0.15, 0.2) is 5.16 Å². The van der Waals surface area contributed by atoms with Crippen LogP contribution >= 0.6 is 11.8 Å². The van der Waals surface area contributed by atoms with E-state index in [4.69, 9.17) is 0 Å². The summed E-state index contributed by atoms with van der Waals surface area (Å²) in [6.45, 7) is 4.45. The normalized spacial score (nSPS) is 10.8. The van der Waals surface area contributed by atoms with Crippen molar-refractivity contribution in [3.8, 4) is 6.07 Å². The fourth-order valence-electron chi connectivity index (χ4n) is 3.80. The van der Waals surface area contributed by atoms with E-state index in [1.165, 1.54) is 11.8 Å². The third kappa shape index (κ3) is 5.05. The van der Waals surface area contributed by atoms with E-state index in [1.807, 2.05) is 78.6 Å². The molecule has 0 saturated heterocycles. The van der Waals surface area contributed by atoms with E-state index in [9.17, 15) is 10.1 Å². The summed E-state index contributed by atoms with van der Waals surface area (Å²) in [5.41, 5.74) is 4.58. The summed E-state index contributed by atoms with van der Waals surface area (Å²) in [5.74, 6) is 1.34. The van der Waals surface area contributed by atoms with E-state index in [-0.39, 0.29) is 11.7 Å². The van der Waals surface area contributed by atoms with Gasteiger partial charge in [0.25, 0.3) is 0 Å². The molecule has 1 amide bonds. The Hall–Kier alpha value is -3.83. The number of thioether (sulfide) groups is 1. The fourth-order valence-corrected chi connectivity index (χ4v) is 4.53. The van der Waals surface area contributed by atoms with Crippen LogP contribution in [0.25, 0.3) is 0 Å². The molecule has 8 heteroatoms. The highest BCUT2D eigenvalue weighted by Crippen LogP contribution is 2.28. The van der Waals surface area contributed by atoms with E-state index in [0.717, 1.165) is 28.2 Å². The van der Waals surface area contributed by atoms with Gasteiger partial charge in [-0.3, -0.25) is 4.79 Å². The highest BCUT2D eigenvalue weighted by atomic mass is 32.2. The quantitative estimate of drug-likeness (QED) is 0.384. The Labute approximate surface area is 203 Å². The van der Waals surface area contributed by atoms with Crippen molar-refractivity contribution in [1.29, 1.82) is 5.26 Å². The van der Waals surface area contributed by atoms with Gasteiger partial charge in [-0.2, -0.15) is 5.26 Å². The lowest BCUT2D eigenvalue weighted by molar-refractivity contribution is -0.113. The predicted octanol–water partition coefficient (Wildman–Crippen LogP) is 4.48. The van der Waals surface area contributed by atoms with Gasteiger partial charge in [-0.05, 0) is 30.5 Å². The minimum atomic E-state index is -0.194. The van der Waals surface area contributed by atoms with Crippen LogP contribution in [0.15, 0.2) is 65.8 Å². The Kier molecular flexibility index (Phi) is 7.14. The molecule has 0 spiro atoms. The highest BCUT2D eigenvalue weighted by Gasteiger charge is 2.20. The first-order valence-corrected chi connectivity index (χ1v) is 11.9. The van der Waals surface area contributed by atoms with Crippen molar-refractivity contribution in [1.82, 2.24) is 19.3 Å². The zero-order chi connectivity index (χ0) is 24.1. The minimum absolute atomic E-state index is 0.163. The number of hydrogen-bond acceptors (Lipinski definition) is 5. The molecule has 7 nitrogen and oxygen atoms in total. The topological polar surface area (TPSA) is 88.5 Å². The van der Waals surface area contributed by atoms with Crippen LogP contribution in [0.5, 0.6) is 0 Å². The highest BCUT2D eigenvalue weighted by molar-refractivity contribution is 7.99. The van der Waals surface area contributed by atoms with E-state index in [2.05, 4.69) is 33.7 Å². The number of carbonyl (C=O) groups is 1. The molecule has 0 aliphatic carbocycles. The molecule has 0 saturated carbocycles. The Bertz CT molecular complexity index is 1340. The maximum atomic E-state index is 12.9. The van der Waals surface area contributed by atoms with Gasteiger partial charge in [0.1, 0.15) is 17.7 Å². The first-order chi connectivity index (χ1) is 16.5. The van der Waals surface area contributed by atoms with Gasteiger partial charge in [0.05, 0.1) is 11.3 Å². The fraction of sp³-hybridized carbons (Fsp3) is 0.231. The summed E-state index contributed by atoms with van der Waals surface area (Å²) in [5, 5.41) is 21.9. The molecule has 0 radical (unpaired) electrons. The lowest BCUT2D eigenvalue weighted by Crippen LogP contribution is -2.19. The SMILES string of the molecule is Cc1c(C#N)c(NC(=O)CSc2nnc(Cc3ccccc3)n2C)n(Cc2ccccc2)c1C. The molecular weight excluding hydrogens is 444 g/mol. The Morgan fingerprint density at radius 2 is 1.68 bits per heavy atom. The van der Waals surface area contributed by atoms with Crippen LogP contribution in [-0.4, -0.2) is 31.0 Å². The molecule has 0 aliphatic rings. The van der Waals surface area contributed by atoms with Crippen LogP contribution in [0.4, 0.5) is 5.82 Å². The van der Waals surface area contributed by atoms with Gasteiger partial charge in [-0.1, -0.05) is 72.4 Å². The number of benzene rings is 2. The number of amides is 1. The molecule has 0 aliphatic heterocycles. The maximum Gasteiger partial charge on any atom is 0.235 e. The van der Waals surface area contributed by atoms with Gasteiger partial charge in [0.2, 0.25) is 5.91 Å². The van der Waals surface area contributed by atoms with Gasteiger partial charge >= 0.3 is 0 Å². The number of hydrogen-bond donors (Lipinski definition) is 1. The van der Waals surface area contributed by atoms with Crippen LogP contribution in [0.2, 0.25) is 0 Å². The lowest BCUT2D eigenvalue weighted by Gasteiger charge is -2.13. The summed E-state index contributed by atoms with van der Waals surface area (Å²) in [6.07, 6.45) is 0.675. The molecule has 0 unspecified atom stereocenters. The molecule has 2 aromatic carbocycles. The number of aromatic nitrogens is 4. The van der Waals surface area contributed by atoms with Crippen LogP contribution in [0.3, 0.4) is 0 Å². The second kappa shape index (κ2) is 10.4. The summed E-state index contributed by atoms with van der Waals surface area (Å²) >= 11 is 1.33. The zero-order valence-electron chi connectivity index (χ0n) is 19.4. The average molecular weight is 471 g/mol. The first kappa shape index (κ1) is 23.3. The molecular formula is C26H26N6OS. The molecule has 34 heavy (non-hydrogen) atoms. The van der Waals surface area contributed by atoms with Crippen LogP contribution in [0, 0.1) is 25.2 Å².